The van der Waals surface area contributed by atoms with Gasteiger partial charge in [0.1, 0.15) is 0 Å². The summed E-state index contributed by atoms with van der Waals surface area (Å²) in [6.07, 6.45) is 5.01. The highest BCUT2D eigenvalue weighted by atomic mass is 32.1. The van der Waals surface area contributed by atoms with E-state index in [1.54, 1.807) is 0 Å². The van der Waals surface area contributed by atoms with E-state index < -0.39 is 0 Å². The average molecular weight is 228 g/mol. The minimum atomic E-state index is 0.179. The van der Waals surface area contributed by atoms with Crippen molar-refractivity contribution in [3.05, 3.63) is 0 Å². The van der Waals surface area contributed by atoms with Gasteiger partial charge < -0.3 is 11.1 Å². The average Bonchev–Trinajstić information content (AvgIpc) is 2.18. The Morgan fingerprint density at radius 3 is 2.53 bits per heavy atom. The van der Waals surface area contributed by atoms with Gasteiger partial charge in [-0.15, -0.1) is 0 Å². The van der Waals surface area contributed by atoms with Gasteiger partial charge in [-0.3, -0.25) is 4.79 Å². The van der Waals surface area contributed by atoms with E-state index in [1.165, 1.54) is 12.8 Å². The van der Waals surface area contributed by atoms with Crippen LogP contribution >= 0.6 is 12.2 Å². The van der Waals surface area contributed by atoms with Gasteiger partial charge in [-0.05, 0) is 31.6 Å². The molecule has 1 amide bonds. The molecule has 15 heavy (non-hydrogen) atoms. The molecule has 0 aliphatic heterocycles. The number of carbonyl (C=O) groups excluding carboxylic acids is 1. The predicted molar refractivity (Wildman–Crippen MR) is 65.5 cm³/mol. The minimum Gasteiger partial charge on any atom is -0.393 e. The molecular weight excluding hydrogens is 208 g/mol. The van der Waals surface area contributed by atoms with Crippen LogP contribution in [0.1, 0.15) is 39.0 Å². The number of hydrogen-bond donors (Lipinski definition) is 2. The van der Waals surface area contributed by atoms with Crippen LogP contribution < -0.4 is 11.1 Å². The van der Waals surface area contributed by atoms with Crippen molar-refractivity contribution < 1.29 is 4.79 Å². The van der Waals surface area contributed by atoms with Gasteiger partial charge in [0, 0.05) is 18.9 Å². The fourth-order valence-electron chi connectivity index (χ4n) is 1.98. The first-order valence-corrected chi connectivity index (χ1v) is 6.06. The summed E-state index contributed by atoms with van der Waals surface area (Å²) >= 11 is 4.75. The SMILES string of the molecule is CC1CCC(C(=O)NCCC(N)=S)CC1. The Bertz CT molecular complexity index is 235. The van der Waals surface area contributed by atoms with Gasteiger partial charge in [-0.25, -0.2) is 0 Å². The van der Waals surface area contributed by atoms with Crippen LogP contribution in [0.3, 0.4) is 0 Å². The molecule has 1 rings (SSSR count). The summed E-state index contributed by atoms with van der Waals surface area (Å²) in [5, 5.41) is 2.89. The summed E-state index contributed by atoms with van der Waals surface area (Å²) in [5.74, 6) is 1.18. The second-order valence-electron chi connectivity index (χ2n) is 4.46. The highest BCUT2D eigenvalue weighted by Gasteiger charge is 2.23. The van der Waals surface area contributed by atoms with Crippen LogP contribution in [0.4, 0.5) is 0 Å². The van der Waals surface area contributed by atoms with E-state index in [0.29, 0.717) is 18.0 Å². The van der Waals surface area contributed by atoms with Crippen LogP contribution in [-0.2, 0) is 4.79 Å². The van der Waals surface area contributed by atoms with Crippen LogP contribution in [0.5, 0.6) is 0 Å². The standard InChI is InChI=1S/C11H20N2OS/c1-8-2-4-9(5-3-8)11(14)13-7-6-10(12)15/h8-9H,2-7H2,1H3,(H2,12,15)(H,13,14). The molecule has 0 aromatic carbocycles. The Morgan fingerprint density at radius 1 is 1.40 bits per heavy atom. The van der Waals surface area contributed by atoms with E-state index in [2.05, 4.69) is 12.2 Å². The van der Waals surface area contributed by atoms with Crippen molar-refractivity contribution in [1.82, 2.24) is 5.32 Å². The Labute approximate surface area is 96.8 Å². The number of nitrogens with two attached hydrogens (primary N) is 1. The summed E-state index contributed by atoms with van der Waals surface area (Å²) in [5.41, 5.74) is 5.36. The van der Waals surface area contributed by atoms with Gasteiger partial charge in [0.15, 0.2) is 0 Å². The Kier molecular flexibility index (Phi) is 5.02. The smallest absolute Gasteiger partial charge is 0.223 e. The van der Waals surface area contributed by atoms with Gasteiger partial charge in [0.05, 0.1) is 4.99 Å². The van der Waals surface area contributed by atoms with Crippen molar-refractivity contribution in [3.8, 4) is 0 Å². The number of hydrogen-bond acceptors (Lipinski definition) is 2. The third kappa shape index (κ3) is 4.60. The molecule has 3 N–H and O–H groups in total. The van der Waals surface area contributed by atoms with E-state index in [1.807, 2.05) is 0 Å². The lowest BCUT2D eigenvalue weighted by molar-refractivity contribution is -0.126. The minimum absolute atomic E-state index is 0.179. The lowest BCUT2D eigenvalue weighted by Gasteiger charge is -2.25. The Morgan fingerprint density at radius 2 is 2.00 bits per heavy atom. The molecule has 0 aromatic rings. The van der Waals surface area contributed by atoms with Crippen LogP contribution in [0.15, 0.2) is 0 Å². The maximum absolute atomic E-state index is 11.7. The van der Waals surface area contributed by atoms with Crippen molar-refractivity contribution in [2.24, 2.45) is 17.6 Å². The zero-order valence-corrected chi connectivity index (χ0v) is 10.1. The van der Waals surface area contributed by atoms with Crippen molar-refractivity contribution in [3.63, 3.8) is 0 Å². The van der Waals surface area contributed by atoms with Crippen LogP contribution in [0.25, 0.3) is 0 Å². The zero-order valence-electron chi connectivity index (χ0n) is 9.29. The molecule has 4 heteroatoms. The van der Waals surface area contributed by atoms with Crippen LogP contribution in [-0.4, -0.2) is 17.4 Å². The number of rotatable bonds is 4. The first kappa shape index (κ1) is 12.4. The summed E-state index contributed by atoms with van der Waals surface area (Å²) in [6.45, 7) is 2.83. The van der Waals surface area contributed by atoms with E-state index in [4.69, 9.17) is 18.0 Å². The molecule has 1 aliphatic rings. The fourth-order valence-corrected chi connectivity index (χ4v) is 2.08. The van der Waals surface area contributed by atoms with Gasteiger partial charge in [0.25, 0.3) is 0 Å². The highest BCUT2D eigenvalue weighted by molar-refractivity contribution is 7.80. The molecular formula is C11H20N2OS. The molecule has 0 atom stereocenters. The molecule has 0 spiro atoms. The van der Waals surface area contributed by atoms with E-state index >= 15 is 0 Å². The molecule has 3 nitrogen and oxygen atoms in total. The summed E-state index contributed by atoms with van der Waals surface area (Å²) in [6, 6.07) is 0. The number of carbonyl (C=O) groups is 1. The highest BCUT2D eigenvalue weighted by Crippen LogP contribution is 2.28. The molecule has 1 fully saturated rings. The lowest BCUT2D eigenvalue weighted by atomic mass is 9.82. The normalized spacial score (nSPS) is 25.9. The zero-order chi connectivity index (χ0) is 11.3. The molecule has 0 radical (unpaired) electrons. The molecule has 86 valence electrons. The quantitative estimate of drug-likeness (QED) is 0.719. The first-order chi connectivity index (χ1) is 7.09. The lowest BCUT2D eigenvalue weighted by Crippen LogP contribution is -2.34. The van der Waals surface area contributed by atoms with E-state index in [9.17, 15) is 4.79 Å². The maximum Gasteiger partial charge on any atom is 0.223 e. The predicted octanol–water partition coefficient (Wildman–Crippen LogP) is 1.61. The monoisotopic (exact) mass is 228 g/mol. The Hall–Kier alpha value is -0.640. The largest absolute Gasteiger partial charge is 0.393 e. The number of nitrogens with one attached hydrogen (secondary N) is 1. The van der Waals surface area contributed by atoms with E-state index in [0.717, 1.165) is 18.8 Å². The van der Waals surface area contributed by atoms with Crippen LogP contribution in [0, 0.1) is 11.8 Å². The first-order valence-electron chi connectivity index (χ1n) is 5.65. The van der Waals surface area contributed by atoms with Gasteiger partial charge in [-0.1, -0.05) is 19.1 Å². The molecule has 1 saturated carbocycles. The molecule has 0 heterocycles. The Balaban J connectivity index is 2.19. The van der Waals surface area contributed by atoms with Crippen molar-refractivity contribution >= 4 is 23.1 Å². The summed E-state index contributed by atoms with van der Waals surface area (Å²) < 4.78 is 0. The van der Waals surface area contributed by atoms with Crippen LogP contribution in [0.2, 0.25) is 0 Å². The maximum atomic E-state index is 11.7. The van der Waals surface area contributed by atoms with Gasteiger partial charge in [0.2, 0.25) is 5.91 Å². The summed E-state index contributed by atoms with van der Waals surface area (Å²) in [4.78, 5) is 12.2. The third-order valence-electron chi connectivity index (χ3n) is 3.06. The molecule has 0 saturated heterocycles. The van der Waals surface area contributed by atoms with Crippen molar-refractivity contribution in [2.45, 2.75) is 39.0 Å². The molecule has 0 unspecified atom stereocenters. The second kappa shape index (κ2) is 6.05. The van der Waals surface area contributed by atoms with Crippen molar-refractivity contribution in [2.75, 3.05) is 6.54 Å². The third-order valence-corrected chi connectivity index (χ3v) is 3.26. The topological polar surface area (TPSA) is 55.1 Å². The molecule has 0 bridgehead atoms. The molecule has 0 aromatic heterocycles. The van der Waals surface area contributed by atoms with Gasteiger partial charge in [-0.2, -0.15) is 0 Å². The molecule has 1 aliphatic carbocycles. The van der Waals surface area contributed by atoms with Crippen molar-refractivity contribution in [1.29, 1.82) is 0 Å². The fraction of sp³-hybridized carbons (Fsp3) is 0.818. The van der Waals surface area contributed by atoms with Gasteiger partial charge >= 0.3 is 0 Å². The summed E-state index contributed by atoms with van der Waals surface area (Å²) in [7, 11) is 0. The number of thiocarbonyl (C=S) groups is 1. The van der Waals surface area contributed by atoms with E-state index in [-0.39, 0.29) is 11.8 Å². The second-order valence-corrected chi connectivity index (χ2v) is 4.99. The number of amides is 1.